The highest BCUT2D eigenvalue weighted by Crippen LogP contribution is 2.55. The van der Waals surface area contributed by atoms with Gasteiger partial charge in [-0.05, 0) is 60.2 Å². The van der Waals surface area contributed by atoms with E-state index in [2.05, 4.69) is 148 Å². The van der Waals surface area contributed by atoms with Crippen molar-refractivity contribution in [3.63, 3.8) is 0 Å². The molecule has 0 saturated heterocycles. The van der Waals surface area contributed by atoms with Crippen molar-refractivity contribution in [2.45, 2.75) is 0 Å². The van der Waals surface area contributed by atoms with E-state index in [1.54, 1.807) is 12.3 Å². The fourth-order valence-electron chi connectivity index (χ4n) is 5.42. The number of aromatic nitrogens is 1. The van der Waals surface area contributed by atoms with Crippen LogP contribution in [-0.4, -0.2) is 4.98 Å². The van der Waals surface area contributed by atoms with Gasteiger partial charge in [0.2, 0.25) is 0 Å². The zero-order chi connectivity index (χ0) is 26.9. The van der Waals surface area contributed by atoms with E-state index in [0.717, 1.165) is 56.5 Å². The van der Waals surface area contributed by atoms with E-state index in [4.69, 9.17) is 5.26 Å². The summed E-state index contributed by atoms with van der Waals surface area (Å²) in [5.41, 5.74) is 11.4. The Morgan fingerprint density at radius 3 is 1.57 bits per heavy atom. The fourth-order valence-corrected chi connectivity index (χ4v) is 5.42. The van der Waals surface area contributed by atoms with Crippen LogP contribution in [0.15, 0.2) is 146 Å². The van der Waals surface area contributed by atoms with Crippen molar-refractivity contribution < 1.29 is 0 Å². The quantitative estimate of drug-likeness (QED) is 0.235. The van der Waals surface area contributed by atoms with Crippen LogP contribution in [0.2, 0.25) is 0 Å². The van der Waals surface area contributed by atoms with E-state index in [0.29, 0.717) is 5.56 Å². The van der Waals surface area contributed by atoms with Gasteiger partial charge in [0.15, 0.2) is 0 Å². The number of hydrogen-bond acceptors (Lipinski definition) is 4. The van der Waals surface area contributed by atoms with Gasteiger partial charge in [0.1, 0.15) is 6.07 Å². The second-order valence-electron chi connectivity index (χ2n) is 9.62. The first-order valence-electron chi connectivity index (χ1n) is 13.2. The smallest absolute Gasteiger partial charge is 0.101 e. The summed E-state index contributed by atoms with van der Waals surface area (Å²) >= 11 is 0. The van der Waals surface area contributed by atoms with Gasteiger partial charge in [0, 0.05) is 23.0 Å². The number of fused-ring (bicyclic) bond motifs is 2. The molecule has 0 atom stereocenters. The van der Waals surface area contributed by atoms with Crippen LogP contribution in [0.25, 0.3) is 22.4 Å². The van der Waals surface area contributed by atoms with Gasteiger partial charge in [-0.1, -0.05) is 84.9 Å². The third-order valence-electron chi connectivity index (χ3n) is 7.27. The molecule has 0 radical (unpaired) electrons. The molecule has 40 heavy (non-hydrogen) atoms. The molecule has 1 aliphatic rings. The minimum atomic E-state index is 0.558. The first kappa shape index (κ1) is 23.5. The first-order chi connectivity index (χ1) is 19.8. The molecule has 0 spiro atoms. The molecule has 0 fully saturated rings. The molecule has 0 N–H and O–H groups in total. The Kier molecular flexibility index (Phi) is 5.81. The summed E-state index contributed by atoms with van der Waals surface area (Å²) in [5.74, 6) is 0. The monoisotopic (exact) mass is 512 g/mol. The molecule has 2 heterocycles. The van der Waals surface area contributed by atoms with Crippen LogP contribution in [0.5, 0.6) is 0 Å². The summed E-state index contributed by atoms with van der Waals surface area (Å²) in [6, 6.07) is 50.5. The minimum Gasteiger partial charge on any atom is -0.306 e. The summed E-state index contributed by atoms with van der Waals surface area (Å²) in [5, 5.41) is 9.09. The molecule has 188 valence electrons. The lowest BCUT2D eigenvalue weighted by Crippen LogP contribution is -2.24. The van der Waals surface area contributed by atoms with Crippen LogP contribution < -0.4 is 9.80 Å². The maximum absolute atomic E-state index is 9.09. The number of benzene rings is 5. The maximum Gasteiger partial charge on any atom is 0.101 e. The van der Waals surface area contributed by atoms with E-state index in [1.807, 2.05) is 6.07 Å². The normalized spacial score (nSPS) is 11.9. The van der Waals surface area contributed by atoms with Gasteiger partial charge in [-0.25, -0.2) is 0 Å². The summed E-state index contributed by atoms with van der Waals surface area (Å²) in [6.07, 6.45) is 1.61. The Labute approximate surface area is 233 Å². The van der Waals surface area contributed by atoms with E-state index in [9.17, 15) is 0 Å². The number of para-hydroxylation sites is 6. The van der Waals surface area contributed by atoms with Crippen LogP contribution in [0.1, 0.15) is 5.56 Å². The molecular weight excluding hydrogens is 488 g/mol. The average molecular weight is 513 g/mol. The van der Waals surface area contributed by atoms with E-state index < -0.39 is 0 Å². The largest absolute Gasteiger partial charge is 0.306 e. The molecule has 1 aromatic heterocycles. The van der Waals surface area contributed by atoms with Crippen LogP contribution in [0, 0.1) is 11.3 Å². The molecule has 0 amide bonds. The molecule has 0 aliphatic carbocycles. The lowest BCUT2D eigenvalue weighted by molar-refractivity contribution is 1.17. The van der Waals surface area contributed by atoms with Crippen molar-refractivity contribution >= 4 is 34.1 Å². The molecule has 0 bridgehead atoms. The van der Waals surface area contributed by atoms with Gasteiger partial charge in [-0.2, -0.15) is 5.26 Å². The Balaban J connectivity index is 1.36. The standard InChI is InChI=1S/C36H24N4/c37-24-26-18-23-31(38-25-26)28-21-19-27(20-22-28)30-12-4-5-13-32(30)40-35-16-8-6-14-33(35)39(29-10-2-1-3-11-29)34-15-7-9-17-36(34)40/h1-23,25H. The number of pyridine rings is 1. The molecule has 4 nitrogen and oxygen atoms in total. The number of anilines is 6. The van der Waals surface area contributed by atoms with Crippen molar-refractivity contribution in [3.05, 3.63) is 151 Å². The van der Waals surface area contributed by atoms with Crippen LogP contribution in [-0.2, 0) is 0 Å². The van der Waals surface area contributed by atoms with Crippen molar-refractivity contribution in [1.29, 1.82) is 5.26 Å². The van der Waals surface area contributed by atoms with Gasteiger partial charge in [0.25, 0.3) is 0 Å². The molecule has 1 aliphatic heterocycles. The first-order valence-corrected chi connectivity index (χ1v) is 13.2. The molecular formula is C36H24N4. The molecule has 0 unspecified atom stereocenters. The molecule has 5 aromatic carbocycles. The second-order valence-corrected chi connectivity index (χ2v) is 9.62. The highest BCUT2D eigenvalue weighted by molar-refractivity contribution is 6.03. The zero-order valence-corrected chi connectivity index (χ0v) is 21.6. The van der Waals surface area contributed by atoms with Crippen LogP contribution in [0.4, 0.5) is 34.1 Å². The Morgan fingerprint density at radius 2 is 1.00 bits per heavy atom. The van der Waals surface area contributed by atoms with Gasteiger partial charge >= 0.3 is 0 Å². The summed E-state index contributed by atoms with van der Waals surface area (Å²) in [4.78, 5) is 9.17. The van der Waals surface area contributed by atoms with Crippen molar-refractivity contribution in [2.24, 2.45) is 0 Å². The lowest BCUT2D eigenvalue weighted by atomic mass is 9.98. The van der Waals surface area contributed by atoms with Gasteiger partial charge in [-0.15, -0.1) is 0 Å². The third-order valence-corrected chi connectivity index (χ3v) is 7.27. The van der Waals surface area contributed by atoms with Gasteiger partial charge in [0.05, 0.1) is 39.7 Å². The highest BCUT2D eigenvalue weighted by Gasteiger charge is 2.31. The minimum absolute atomic E-state index is 0.558. The number of nitrogens with zero attached hydrogens (tertiary/aromatic N) is 4. The zero-order valence-electron chi connectivity index (χ0n) is 21.6. The average Bonchev–Trinajstić information content (AvgIpc) is 3.04. The number of nitriles is 1. The van der Waals surface area contributed by atoms with Crippen molar-refractivity contribution in [2.75, 3.05) is 9.80 Å². The molecule has 7 rings (SSSR count). The van der Waals surface area contributed by atoms with Crippen LogP contribution >= 0.6 is 0 Å². The van der Waals surface area contributed by atoms with Crippen molar-refractivity contribution in [1.82, 2.24) is 4.98 Å². The second kappa shape index (κ2) is 9.90. The van der Waals surface area contributed by atoms with Crippen LogP contribution in [0.3, 0.4) is 0 Å². The molecule has 6 aromatic rings. The Bertz CT molecular complexity index is 1810. The Hall–Kier alpha value is -5.66. The number of rotatable bonds is 4. The maximum atomic E-state index is 9.09. The summed E-state index contributed by atoms with van der Waals surface area (Å²) in [7, 11) is 0. The van der Waals surface area contributed by atoms with E-state index in [1.165, 1.54) is 0 Å². The highest BCUT2D eigenvalue weighted by atomic mass is 15.3. The van der Waals surface area contributed by atoms with Gasteiger partial charge in [-0.3, -0.25) is 4.98 Å². The predicted molar refractivity (Wildman–Crippen MR) is 163 cm³/mol. The predicted octanol–water partition coefficient (Wildman–Crippen LogP) is 9.54. The van der Waals surface area contributed by atoms with Gasteiger partial charge < -0.3 is 9.80 Å². The topological polar surface area (TPSA) is 43.2 Å². The fraction of sp³-hybridized carbons (Fsp3) is 0. The SMILES string of the molecule is N#Cc1ccc(-c2ccc(-c3ccccc3N3c4ccccc4N(c4ccccc4)c4ccccc43)cc2)nc1. The summed E-state index contributed by atoms with van der Waals surface area (Å²) in [6.45, 7) is 0. The van der Waals surface area contributed by atoms with E-state index in [-0.39, 0.29) is 0 Å². The van der Waals surface area contributed by atoms with Crippen molar-refractivity contribution in [3.8, 4) is 28.5 Å². The number of hydrogen-bond donors (Lipinski definition) is 0. The summed E-state index contributed by atoms with van der Waals surface area (Å²) < 4.78 is 0. The molecule has 0 saturated carbocycles. The van der Waals surface area contributed by atoms with E-state index >= 15 is 0 Å². The molecule has 4 heteroatoms. The lowest BCUT2D eigenvalue weighted by Gasteiger charge is -2.40. The third kappa shape index (κ3) is 3.98. The Morgan fingerprint density at radius 1 is 0.475 bits per heavy atom.